The second kappa shape index (κ2) is 3.49. The van der Waals surface area contributed by atoms with Gasteiger partial charge in [-0.25, -0.2) is 0 Å². The molecule has 0 aromatic carbocycles. The summed E-state index contributed by atoms with van der Waals surface area (Å²) in [5, 5.41) is 8.65. The molecule has 0 fully saturated rings. The van der Waals surface area contributed by atoms with Gasteiger partial charge in [0, 0.05) is 5.75 Å². The molecule has 1 aliphatic rings. The van der Waals surface area contributed by atoms with Crippen molar-refractivity contribution in [3.63, 3.8) is 0 Å². The zero-order valence-corrected chi connectivity index (χ0v) is 6.84. The predicted octanol–water partition coefficient (Wildman–Crippen LogP) is 0.813. The minimum atomic E-state index is 0.164. The van der Waals surface area contributed by atoms with E-state index >= 15 is 0 Å². The highest BCUT2D eigenvalue weighted by Gasteiger charge is 2.15. The lowest BCUT2D eigenvalue weighted by atomic mass is 10.4. The Bertz CT molecular complexity index is 126. The van der Waals surface area contributed by atoms with Gasteiger partial charge in [0.25, 0.3) is 0 Å². The van der Waals surface area contributed by atoms with Crippen molar-refractivity contribution in [3.8, 4) is 0 Å². The Hall–Kier alpha value is 0.330. The monoisotopic (exact) mass is 163 g/mol. The summed E-state index contributed by atoms with van der Waals surface area (Å²) in [6, 6.07) is 0.164. The van der Waals surface area contributed by atoms with Crippen molar-refractivity contribution in [2.24, 2.45) is 4.99 Å². The van der Waals surface area contributed by atoms with Crippen LogP contribution in [0.5, 0.6) is 0 Å². The minimum absolute atomic E-state index is 0.164. The molecule has 1 heterocycles. The minimum Gasteiger partial charge on any atom is -0.394 e. The smallest absolute Gasteiger partial charge is 0.124 e. The Morgan fingerprint density at radius 2 is 2.78 bits per heavy atom. The van der Waals surface area contributed by atoms with E-state index in [9.17, 15) is 0 Å². The molecule has 0 bridgehead atoms. The number of aliphatic imine (C=N–C) groups is 1. The molecule has 0 spiro atoms. The van der Waals surface area contributed by atoms with Crippen molar-refractivity contribution in [2.45, 2.75) is 6.04 Å². The van der Waals surface area contributed by atoms with Gasteiger partial charge in [0.2, 0.25) is 0 Å². The highest BCUT2D eigenvalue weighted by molar-refractivity contribution is 8.38. The number of nitrogens with zero attached hydrogens (tertiary/aromatic N) is 1. The Morgan fingerprint density at radius 3 is 3.11 bits per heavy atom. The number of hydrogen-bond donors (Lipinski definition) is 1. The van der Waals surface area contributed by atoms with Gasteiger partial charge in [-0.2, -0.15) is 0 Å². The molecule has 0 aromatic heterocycles. The second-order valence-corrected chi connectivity index (χ2v) is 3.81. The zero-order valence-electron chi connectivity index (χ0n) is 5.20. The average molecular weight is 163 g/mol. The topological polar surface area (TPSA) is 32.6 Å². The highest BCUT2D eigenvalue weighted by atomic mass is 32.2. The Balaban J connectivity index is 2.40. The van der Waals surface area contributed by atoms with E-state index < -0.39 is 0 Å². The maximum absolute atomic E-state index is 8.65. The molecule has 4 heteroatoms. The maximum atomic E-state index is 8.65. The molecule has 0 saturated carbocycles. The third-order valence-electron chi connectivity index (χ3n) is 1.07. The Kier molecular flexibility index (Phi) is 2.88. The van der Waals surface area contributed by atoms with Gasteiger partial charge in [0.15, 0.2) is 0 Å². The normalized spacial score (nSPS) is 26.4. The van der Waals surface area contributed by atoms with Gasteiger partial charge in [-0.05, 0) is 6.26 Å². The summed E-state index contributed by atoms with van der Waals surface area (Å²) in [4.78, 5) is 4.22. The SMILES string of the molecule is CSC1=NC(CO)CS1. The fraction of sp³-hybridized carbons (Fsp3) is 0.800. The van der Waals surface area contributed by atoms with E-state index in [-0.39, 0.29) is 12.6 Å². The van der Waals surface area contributed by atoms with Crippen molar-refractivity contribution in [1.29, 1.82) is 0 Å². The molecular formula is C5H9NOS2. The summed E-state index contributed by atoms with van der Waals surface area (Å²) in [6.45, 7) is 0.192. The molecule has 0 aliphatic carbocycles. The van der Waals surface area contributed by atoms with E-state index in [0.717, 1.165) is 10.1 Å². The summed E-state index contributed by atoms with van der Waals surface area (Å²) < 4.78 is 1.11. The van der Waals surface area contributed by atoms with Crippen LogP contribution in [0, 0.1) is 0 Å². The molecule has 1 aliphatic heterocycles. The van der Waals surface area contributed by atoms with Crippen LogP contribution in [0.4, 0.5) is 0 Å². The molecular weight excluding hydrogens is 154 g/mol. The van der Waals surface area contributed by atoms with Gasteiger partial charge in [-0.1, -0.05) is 11.8 Å². The fourth-order valence-electron chi connectivity index (χ4n) is 0.596. The van der Waals surface area contributed by atoms with Crippen LogP contribution in [0.2, 0.25) is 0 Å². The molecule has 1 unspecified atom stereocenters. The van der Waals surface area contributed by atoms with E-state index in [4.69, 9.17) is 5.11 Å². The fourth-order valence-corrected chi connectivity index (χ4v) is 2.26. The van der Waals surface area contributed by atoms with Gasteiger partial charge in [-0.3, -0.25) is 4.99 Å². The van der Waals surface area contributed by atoms with Crippen LogP contribution in [0.1, 0.15) is 0 Å². The molecule has 0 radical (unpaired) electrons. The van der Waals surface area contributed by atoms with Crippen molar-refractivity contribution >= 4 is 27.9 Å². The zero-order chi connectivity index (χ0) is 6.69. The molecule has 9 heavy (non-hydrogen) atoms. The van der Waals surface area contributed by atoms with Gasteiger partial charge < -0.3 is 5.11 Å². The molecule has 1 N–H and O–H groups in total. The highest BCUT2D eigenvalue weighted by Crippen LogP contribution is 2.23. The maximum Gasteiger partial charge on any atom is 0.124 e. The first kappa shape index (κ1) is 7.44. The number of aliphatic hydroxyl groups excluding tert-OH is 1. The van der Waals surface area contributed by atoms with Crippen LogP contribution >= 0.6 is 23.5 Å². The first-order valence-corrected chi connectivity index (χ1v) is 4.93. The van der Waals surface area contributed by atoms with Crippen molar-refractivity contribution in [3.05, 3.63) is 0 Å². The van der Waals surface area contributed by atoms with Gasteiger partial charge >= 0.3 is 0 Å². The molecule has 1 rings (SSSR count). The van der Waals surface area contributed by atoms with Crippen molar-refractivity contribution in [2.75, 3.05) is 18.6 Å². The molecule has 0 aromatic rings. The van der Waals surface area contributed by atoms with Gasteiger partial charge in [-0.15, -0.1) is 11.8 Å². The summed E-state index contributed by atoms with van der Waals surface area (Å²) in [5.74, 6) is 0.951. The van der Waals surface area contributed by atoms with E-state index in [2.05, 4.69) is 4.99 Å². The number of hydrogen-bond acceptors (Lipinski definition) is 4. The van der Waals surface area contributed by atoms with Crippen LogP contribution in [-0.2, 0) is 0 Å². The lowest BCUT2D eigenvalue weighted by Gasteiger charge is -1.95. The molecule has 0 amide bonds. The second-order valence-electron chi connectivity index (χ2n) is 1.75. The van der Waals surface area contributed by atoms with E-state index in [0.29, 0.717) is 0 Å². The largest absolute Gasteiger partial charge is 0.394 e. The molecule has 2 nitrogen and oxygen atoms in total. The van der Waals surface area contributed by atoms with E-state index in [1.165, 1.54) is 0 Å². The van der Waals surface area contributed by atoms with E-state index in [1.807, 2.05) is 6.26 Å². The number of aliphatic hydroxyl groups is 1. The third-order valence-corrected chi connectivity index (χ3v) is 3.28. The lowest BCUT2D eigenvalue weighted by molar-refractivity contribution is 0.277. The summed E-state index contributed by atoms with van der Waals surface area (Å²) in [5.41, 5.74) is 0. The Labute approximate surface area is 63.1 Å². The molecule has 1 atom stereocenters. The summed E-state index contributed by atoms with van der Waals surface area (Å²) >= 11 is 3.38. The summed E-state index contributed by atoms with van der Waals surface area (Å²) in [6.07, 6.45) is 2.01. The first-order valence-electron chi connectivity index (χ1n) is 2.72. The standard InChI is InChI=1S/C5H9NOS2/c1-8-5-6-4(2-7)3-9-5/h4,7H,2-3H2,1H3. The lowest BCUT2D eigenvalue weighted by Crippen LogP contribution is -2.08. The van der Waals surface area contributed by atoms with Crippen molar-refractivity contribution < 1.29 is 5.11 Å². The quantitative estimate of drug-likeness (QED) is 0.621. The number of rotatable bonds is 1. The Morgan fingerprint density at radius 1 is 2.00 bits per heavy atom. The molecule has 52 valence electrons. The predicted molar refractivity (Wildman–Crippen MR) is 44.3 cm³/mol. The van der Waals surface area contributed by atoms with Gasteiger partial charge in [0.1, 0.15) is 4.38 Å². The van der Waals surface area contributed by atoms with Crippen molar-refractivity contribution in [1.82, 2.24) is 0 Å². The van der Waals surface area contributed by atoms with Crippen LogP contribution in [0.25, 0.3) is 0 Å². The van der Waals surface area contributed by atoms with Crippen LogP contribution in [-0.4, -0.2) is 34.1 Å². The van der Waals surface area contributed by atoms with Crippen LogP contribution < -0.4 is 0 Å². The third kappa shape index (κ3) is 1.88. The van der Waals surface area contributed by atoms with E-state index in [1.54, 1.807) is 23.5 Å². The summed E-state index contributed by atoms with van der Waals surface area (Å²) in [7, 11) is 0. The van der Waals surface area contributed by atoms with Crippen LogP contribution in [0.15, 0.2) is 4.99 Å². The van der Waals surface area contributed by atoms with Gasteiger partial charge in [0.05, 0.1) is 12.6 Å². The molecule has 0 saturated heterocycles. The number of thioether (sulfide) groups is 2. The first-order chi connectivity index (χ1) is 4.36. The van der Waals surface area contributed by atoms with Crippen LogP contribution in [0.3, 0.4) is 0 Å². The average Bonchev–Trinajstić information content (AvgIpc) is 2.34.